The maximum absolute atomic E-state index is 12.7. The zero-order valence-corrected chi connectivity index (χ0v) is 36.0. The Hall–Kier alpha value is -1.59. The van der Waals surface area contributed by atoms with Crippen molar-refractivity contribution in [2.24, 2.45) is 5.92 Å². The highest BCUT2D eigenvalue weighted by Gasteiger charge is 2.19. The standard InChI is InChI=1S/C47H90O6/c1-5-8-10-12-14-16-18-20-22-28-32-36-40-47(50)53-44(41-51-45(48)38-34-30-26-21-19-17-15-13-11-9-6-2)42-52-46(49)39-35-31-27-24-23-25-29-33-37-43(4)7-3/h43-44H,5-42H2,1-4H3/t43?,44-/m1/s1. The average molecular weight is 751 g/mol. The number of hydrogen-bond acceptors (Lipinski definition) is 6. The molecule has 0 bridgehead atoms. The predicted octanol–water partition coefficient (Wildman–Crippen LogP) is 14.7. The second-order valence-electron chi connectivity index (χ2n) is 16.3. The van der Waals surface area contributed by atoms with Crippen LogP contribution in [0.4, 0.5) is 0 Å². The van der Waals surface area contributed by atoms with Crippen LogP contribution in [0.3, 0.4) is 0 Å². The van der Waals surface area contributed by atoms with Crippen molar-refractivity contribution in [3.05, 3.63) is 0 Å². The summed E-state index contributed by atoms with van der Waals surface area (Å²) >= 11 is 0. The molecule has 0 rings (SSSR count). The maximum atomic E-state index is 12.7. The molecule has 0 aliphatic heterocycles. The lowest BCUT2D eigenvalue weighted by Crippen LogP contribution is -2.30. The van der Waals surface area contributed by atoms with Gasteiger partial charge in [-0.05, 0) is 25.2 Å². The Morgan fingerprint density at radius 2 is 0.660 bits per heavy atom. The molecule has 0 saturated carbocycles. The van der Waals surface area contributed by atoms with Gasteiger partial charge in [0.25, 0.3) is 0 Å². The first-order valence-corrected chi connectivity index (χ1v) is 23.4. The van der Waals surface area contributed by atoms with E-state index in [0.717, 1.165) is 63.7 Å². The second-order valence-corrected chi connectivity index (χ2v) is 16.3. The highest BCUT2D eigenvalue weighted by Crippen LogP contribution is 2.17. The molecule has 0 spiro atoms. The summed E-state index contributed by atoms with van der Waals surface area (Å²) in [6.45, 7) is 9.00. The first-order chi connectivity index (χ1) is 25.9. The third-order valence-corrected chi connectivity index (χ3v) is 10.9. The van der Waals surface area contributed by atoms with Crippen molar-refractivity contribution in [2.45, 2.75) is 265 Å². The lowest BCUT2D eigenvalue weighted by atomic mass is 9.99. The lowest BCUT2D eigenvalue weighted by molar-refractivity contribution is -0.167. The topological polar surface area (TPSA) is 78.9 Å². The molecule has 2 atom stereocenters. The molecule has 0 aromatic rings. The van der Waals surface area contributed by atoms with Gasteiger partial charge in [0.2, 0.25) is 0 Å². The molecule has 53 heavy (non-hydrogen) atoms. The molecule has 314 valence electrons. The molecule has 0 aromatic heterocycles. The number of carbonyl (C=O) groups is 3. The minimum absolute atomic E-state index is 0.0638. The highest BCUT2D eigenvalue weighted by molar-refractivity contribution is 5.71. The van der Waals surface area contributed by atoms with E-state index in [1.54, 1.807) is 0 Å². The maximum Gasteiger partial charge on any atom is 0.306 e. The molecule has 6 nitrogen and oxygen atoms in total. The summed E-state index contributed by atoms with van der Waals surface area (Å²) in [5.41, 5.74) is 0. The fourth-order valence-corrected chi connectivity index (χ4v) is 6.95. The normalized spacial score (nSPS) is 12.5. The van der Waals surface area contributed by atoms with Gasteiger partial charge in [0.05, 0.1) is 0 Å². The molecule has 0 aliphatic rings. The summed E-state index contributed by atoms with van der Waals surface area (Å²) in [6, 6.07) is 0. The van der Waals surface area contributed by atoms with Crippen LogP contribution in [-0.4, -0.2) is 37.2 Å². The quantitative estimate of drug-likeness (QED) is 0.0351. The zero-order valence-electron chi connectivity index (χ0n) is 36.0. The largest absolute Gasteiger partial charge is 0.462 e. The number of esters is 3. The van der Waals surface area contributed by atoms with Crippen LogP contribution in [0.5, 0.6) is 0 Å². The molecule has 0 fully saturated rings. The summed E-state index contributed by atoms with van der Waals surface area (Å²) in [5, 5.41) is 0. The third-order valence-electron chi connectivity index (χ3n) is 10.9. The first-order valence-electron chi connectivity index (χ1n) is 23.4. The van der Waals surface area contributed by atoms with Crippen LogP contribution in [0.15, 0.2) is 0 Å². The lowest BCUT2D eigenvalue weighted by Gasteiger charge is -2.18. The number of rotatable bonds is 42. The summed E-state index contributed by atoms with van der Waals surface area (Å²) < 4.78 is 16.7. The van der Waals surface area contributed by atoms with E-state index >= 15 is 0 Å². The van der Waals surface area contributed by atoms with Gasteiger partial charge in [0.1, 0.15) is 13.2 Å². The summed E-state index contributed by atoms with van der Waals surface area (Å²) in [4.78, 5) is 37.7. The molecule has 0 radical (unpaired) electrons. The van der Waals surface area contributed by atoms with Gasteiger partial charge >= 0.3 is 17.9 Å². The molecule has 0 aliphatic carbocycles. The van der Waals surface area contributed by atoms with Crippen molar-refractivity contribution in [1.29, 1.82) is 0 Å². The van der Waals surface area contributed by atoms with Crippen molar-refractivity contribution in [3.8, 4) is 0 Å². The smallest absolute Gasteiger partial charge is 0.306 e. The Kier molecular flexibility index (Phi) is 40.3. The Bertz CT molecular complexity index is 798. The molecule has 0 heterocycles. The predicted molar refractivity (Wildman–Crippen MR) is 224 cm³/mol. The monoisotopic (exact) mass is 751 g/mol. The fraction of sp³-hybridized carbons (Fsp3) is 0.936. The first kappa shape index (κ1) is 51.4. The van der Waals surface area contributed by atoms with Crippen molar-refractivity contribution in [3.63, 3.8) is 0 Å². The molecular formula is C47H90O6. The molecule has 1 unspecified atom stereocenters. The van der Waals surface area contributed by atoms with E-state index in [1.807, 2.05) is 0 Å². The van der Waals surface area contributed by atoms with Gasteiger partial charge < -0.3 is 14.2 Å². The van der Waals surface area contributed by atoms with E-state index in [4.69, 9.17) is 14.2 Å². The van der Waals surface area contributed by atoms with Crippen LogP contribution < -0.4 is 0 Å². The molecule has 0 aromatic carbocycles. The van der Waals surface area contributed by atoms with Crippen molar-refractivity contribution >= 4 is 17.9 Å². The van der Waals surface area contributed by atoms with Crippen LogP contribution >= 0.6 is 0 Å². The molecule has 6 heteroatoms. The summed E-state index contributed by atoms with van der Waals surface area (Å²) in [6.07, 6.45) is 40.7. The van der Waals surface area contributed by atoms with E-state index in [1.165, 1.54) is 154 Å². The molecule has 0 saturated heterocycles. The summed E-state index contributed by atoms with van der Waals surface area (Å²) in [5.74, 6) is -0.00578. The SMILES string of the molecule is CCCCCCCCCCCCCCC(=O)O[C@H](COC(=O)CCCCCCCCCCCCC)COC(=O)CCCCCCCCCCC(C)CC. The van der Waals surface area contributed by atoms with Gasteiger partial charge in [-0.2, -0.15) is 0 Å². The van der Waals surface area contributed by atoms with Gasteiger partial charge in [-0.1, -0.05) is 220 Å². The number of carbonyl (C=O) groups excluding carboxylic acids is 3. The van der Waals surface area contributed by atoms with Crippen LogP contribution in [-0.2, 0) is 28.6 Å². The summed E-state index contributed by atoms with van der Waals surface area (Å²) in [7, 11) is 0. The zero-order chi connectivity index (χ0) is 38.9. The van der Waals surface area contributed by atoms with Gasteiger partial charge in [0.15, 0.2) is 6.10 Å². The van der Waals surface area contributed by atoms with Crippen LogP contribution in [0.2, 0.25) is 0 Å². The van der Waals surface area contributed by atoms with Crippen molar-refractivity contribution < 1.29 is 28.6 Å². The Morgan fingerprint density at radius 1 is 0.377 bits per heavy atom. The van der Waals surface area contributed by atoms with Gasteiger partial charge in [-0.15, -0.1) is 0 Å². The number of hydrogen-bond donors (Lipinski definition) is 0. The Balaban J connectivity index is 4.34. The Labute approximate surface area is 329 Å². The highest BCUT2D eigenvalue weighted by atomic mass is 16.6. The molecular weight excluding hydrogens is 661 g/mol. The van der Waals surface area contributed by atoms with E-state index in [9.17, 15) is 14.4 Å². The minimum Gasteiger partial charge on any atom is -0.462 e. The van der Waals surface area contributed by atoms with E-state index in [-0.39, 0.29) is 31.1 Å². The van der Waals surface area contributed by atoms with Crippen LogP contribution in [0, 0.1) is 5.92 Å². The fourth-order valence-electron chi connectivity index (χ4n) is 6.95. The van der Waals surface area contributed by atoms with Crippen molar-refractivity contribution in [2.75, 3.05) is 13.2 Å². The van der Waals surface area contributed by atoms with Crippen LogP contribution in [0.1, 0.15) is 259 Å². The van der Waals surface area contributed by atoms with E-state index < -0.39 is 6.10 Å². The van der Waals surface area contributed by atoms with Gasteiger partial charge in [-0.25, -0.2) is 0 Å². The molecule has 0 amide bonds. The van der Waals surface area contributed by atoms with Gasteiger partial charge in [-0.3, -0.25) is 14.4 Å². The van der Waals surface area contributed by atoms with E-state index in [0.29, 0.717) is 19.3 Å². The van der Waals surface area contributed by atoms with Crippen molar-refractivity contribution in [1.82, 2.24) is 0 Å². The minimum atomic E-state index is -0.759. The second kappa shape index (κ2) is 41.6. The van der Waals surface area contributed by atoms with Crippen LogP contribution in [0.25, 0.3) is 0 Å². The van der Waals surface area contributed by atoms with Gasteiger partial charge in [0, 0.05) is 19.3 Å². The number of unbranched alkanes of at least 4 members (excludes halogenated alkanes) is 28. The molecule has 0 N–H and O–H groups in total. The average Bonchev–Trinajstić information content (AvgIpc) is 3.15. The van der Waals surface area contributed by atoms with E-state index in [2.05, 4.69) is 27.7 Å². The number of ether oxygens (including phenoxy) is 3. The Morgan fingerprint density at radius 3 is 0.981 bits per heavy atom. The third kappa shape index (κ3) is 39.9.